The first-order valence-corrected chi connectivity index (χ1v) is 10.2. The molecule has 3 heterocycles. The van der Waals surface area contributed by atoms with E-state index in [0.717, 1.165) is 17.4 Å². The highest BCUT2D eigenvalue weighted by Gasteiger charge is 2.41. The highest BCUT2D eigenvalue weighted by Crippen LogP contribution is 2.40. The molecular formula is C23H26N4S. The van der Waals surface area contributed by atoms with Gasteiger partial charge in [-0.25, -0.2) is 0 Å². The number of thiocarbonyl (C=S) groups is 1. The van der Waals surface area contributed by atoms with Gasteiger partial charge in [0.2, 0.25) is 0 Å². The number of nitrogens with zero attached hydrogens (tertiary/aromatic N) is 3. The predicted octanol–water partition coefficient (Wildman–Crippen LogP) is 4.81. The molecular weight excluding hydrogens is 364 g/mol. The van der Waals surface area contributed by atoms with E-state index >= 15 is 0 Å². The van der Waals surface area contributed by atoms with Gasteiger partial charge in [0.1, 0.15) is 0 Å². The topological polar surface area (TPSA) is 33.1 Å². The summed E-state index contributed by atoms with van der Waals surface area (Å²) in [7, 11) is 0. The van der Waals surface area contributed by atoms with Crippen LogP contribution in [0.4, 0.5) is 0 Å². The molecule has 1 aliphatic rings. The van der Waals surface area contributed by atoms with Crippen LogP contribution in [0.3, 0.4) is 0 Å². The summed E-state index contributed by atoms with van der Waals surface area (Å²) in [5.74, 6) is 0.506. The number of aromatic nitrogens is 2. The van der Waals surface area contributed by atoms with Crippen LogP contribution in [-0.4, -0.2) is 26.1 Å². The summed E-state index contributed by atoms with van der Waals surface area (Å²) < 4.78 is 2.29. The molecule has 0 spiro atoms. The minimum absolute atomic E-state index is 0.0186. The lowest BCUT2D eigenvalue weighted by Crippen LogP contribution is -2.33. The lowest BCUT2D eigenvalue weighted by molar-refractivity contribution is 0.280. The Morgan fingerprint density at radius 1 is 1.07 bits per heavy atom. The van der Waals surface area contributed by atoms with Crippen molar-refractivity contribution in [1.29, 1.82) is 0 Å². The Morgan fingerprint density at radius 3 is 2.57 bits per heavy atom. The molecule has 2 aromatic heterocycles. The van der Waals surface area contributed by atoms with Gasteiger partial charge in [-0.2, -0.15) is 0 Å². The maximum absolute atomic E-state index is 5.75. The van der Waals surface area contributed by atoms with E-state index in [1.165, 1.54) is 16.9 Å². The summed E-state index contributed by atoms with van der Waals surface area (Å²) in [6.45, 7) is 7.51. The Labute approximate surface area is 172 Å². The Hall–Kier alpha value is -2.66. The van der Waals surface area contributed by atoms with Crippen LogP contribution in [0, 0.1) is 12.8 Å². The molecule has 0 bridgehead atoms. The molecule has 1 aromatic carbocycles. The molecule has 1 fully saturated rings. The van der Waals surface area contributed by atoms with E-state index < -0.39 is 0 Å². The van der Waals surface area contributed by atoms with E-state index in [1.807, 2.05) is 18.3 Å². The molecule has 2 atom stereocenters. The van der Waals surface area contributed by atoms with Crippen molar-refractivity contribution in [2.24, 2.45) is 5.92 Å². The van der Waals surface area contributed by atoms with E-state index in [2.05, 4.69) is 89.2 Å². The van der Waals surface area contributed by atoms with Crippen molar-refractivity contribution in [3.8, 4) is 5.69 Å². The highest BCUT2D eigenvalue weighted by atomic mass is 32.1. The van der Waals surface area contributed by atoms with Gasteiger partial charge in [0.25, 0.3) is 0 Å². The van der Waals surface area contributed by atoms with Crippen molar-refractivity contribution in [2.75, 3.05) is 6.54 Å². The Bertz CT molecular complexity index is 963. The molecule has 0 unspecified atom stereocenters. The third-order valence-electron chi connectivity index (χ3n) is 5.22. The number of rotatable bonds is 5. The molecule has 1 N–H and O–H groups in total. The van der Waals surface area contributed by atoms with Gasteiger partial charge in [0.15, 0.2) is 5.11 Å². The van der Waals surface area contributed by atoms with Gasteiger partial charge in [0, 0.05) is 30.3 Å². The zero-order valence-electron chi connectivity index (χ0n) is 16.5. The fraction of sp³-hybridized carbons (Fsp3) is 0.304. The number of hydrogen-bond donors (Lipinski definition) is 1. The van der Waals surface area contributed by atoms with Crippen LogP contribution >= 0.6 is 12.2 Å². The molecule has 4 nitrogen and oxygen atoms in total. The molecule has 1 aliphatic heterocycles. The van der Waals surface area contributed by atoms with Crippen molar-refractivity contribution in [3.63, 3.8) is 0 Å². The first-order valence-electron chi connectivity index (χ1n) is 9.77. The molecule has 0 radical (unpaired) electrons. The standard InChI is InChI=1S/C23H26N4S/c1-16(2)15-27-22(21(25-23(27)28)18-10-6-7-13-24-18)20-12-8-14-26(20)19-11-5-4-9-17(19)3/h4-14,16,21-22H,15H2,1-3H3,(H,25,28)/t21-,22+/m0/s1. The van der Waals surface area contributed by atoms with E-state index in [9.17, 15) is 0 Å². The van der Waals surface area contributed by atoms with Crippen LogP contribution in [0.1, 0.15) is 42.9 Å². The van der Waals surface area contributed by atoms with E-state index in [4.69, 9.17) is 12.2 Å². The second kappa shape index (κ2) is 7.76. The maximum atomic E-state index is 5.75. The fourth-order valence-corrected chi connectivity index (χ4v) is 4.32. The van der Waals surface area contributed by atoms with Crippen LogP contribution in [0.15, 0.2) is 67.0 Å². The van der Waals surface area contributed by atoms with E-state index in [1.54, 1.807) is 0 Å². The second-order valence-electron chi connectivity index (χ2n) is 7.76. The van der Waals surface area contributed by atoms with Gasteiger partial charge >= 0.3 is 0 Å². The monoisotopic (exact) mass is 390 g/mol. The van der Waals surface area contributed by atoms with Gasteiger partial charge in [0.05, 0.1) is 17.8 Å². The lowest BCUT2D eigenvalue weighted by Gasteiger charge is -2.30. The molecule has 0 aliphatic carbocycles. The molecule has 28 heavy (non-hydrogen) atoms. The van der Waals surface area contributed by atoms with Crippen LogP contribution in [-0.2, 0) is 0 Å². The average Bonchev–Trinajstić information content (AvgIpc) is 3.27. The maximum Gasteiger partial charge on any atom is 0.170 e. The quantitative estimate of drug-likeness (QED) is 0.634. The van der Waals surface area contributed by atoms with Crippen LogP contribution in [0.5, 0.6) is 0 Å². The largest absolute Gasteiger partial charge is 0.352 e. The minimum Gasteiger partial charge on any atom is -0.352 e. The molecule has 0 saturated carbocycles. The Kier molecular flexibility index (Phi) is 5.18. The second-order valence-corrected chi connectivity index (χ2v) is 8.15. The van der Waals surface area contributed by atoms with Crippen molar-refractivity contribution < 1.29 is 0 Å². The molecule has 3 aromatic rings. The summed E-state index contributed by atoms with van der Waals surface area (Å²) in [5.41, 5.74) is 4.68. The zero-order valence-corrected chi connectivity index (χ0v) is 17.4. The van der Waals surface area contributed by atoms with Crippen LogP contribution in [0.25, 0.3) is 5.69 Å². The normalized spacial score (nSPS) is 19.3. The van der Waals surface area contributed by atoms with Crippen molar-refractivity contribution in [3.05, 3.63) is 83.9 Å². The fourth-order valence-electron chi connectivity index (χ4n) is 4.01. The number of benzene rings is 1. The number of hydrogen-bond acceptors (Lipinski definition) is 2. The van der Waals surface area contributed by atoms with Crippen LogP contribution < -0.4 is 5.32 Å². The Morgan fingerprint density at radius 2 is 1.86 bits per heavy atom. The Balaban J connectivity index is 1.83. The molecule has 0 amide bonds. The number of para-hydroxylation sites is 1. The molecule has 1 saturated heterocycles. The first kappa shape index (κ1) is 18.7. The van der Waals surface area contributed by atoms with Gasteiger partial charge in [-0.3, -0.25) is 4.98 Å². The molecule has 144 valence electrons. The third kappa shape index (κ3) is 3.42. The van der Waals surface area contributed by atoms with Gasteiger partial charge in [-0.1, -0.05) is 38.1 Å². The number of nitrogens with one attached hydrogen (secondary N) is 1. The van der Waals surface area contributed by atoms with Gasteiger partial charge in [-0.15, -0.1) is 0 Å². The number of pyridine rings is 1. The van der Waals surface area contributed by atoms with E-state index in [-0.39, 0.29) is 12.1 Å². The lowest BCUT2D eigenvalue weighted by atomic mass is 10.00. The predicted molar refractivity (Wildman–Crippen MR) is 118 cm³/mol. The summed E-state index contributed by atoms with van der Waals surface area (Å²) in [4.78, 5) is 6.95. The summed E-state index contributed by atoms with van der Waals surface area (Å²) in [6, 6.07) is 19.0. The van der Waals surface area contributed by atoms with Crippen molar-refractivity contribution >= 4 is 17.3 Å². The average molecular weight is 391 g/mol. The summed E-state index contributed by atoms with van der Waals surface area (Å²) in [6.07, 6.45) is 3.99. The van der Waals surface area contributed by atoms with Gasteiger partial charge < -0.3 is 14.8 Å². The van der Waals surface area contributed by atoms with Crippen LogP contribution in [0.2, 0.25) is 0 Å². The summed E-state index contributed by atoms with van der Waals surface area (Å²) >= 11 is 5.75. The highest BCUT2D eigenvalue weighted by molar-refractivity contribution is 7.80. The van der Waals surface area contributed by atoms with E-state index in [0.29, 0.717) is 5.92 Å². The number of aryl methyl sites for hydroxylation is 1. The first-order chi connectivity index (χ1) is 13.6. The molecule has 5 heteroatoms. The molecule has 4 rings (SSSR count). The SMILES string of the molecule is Cc1ccccc1-n1cccc1[C@@H]1[C@H](c2ccccn2)NC(=S)N1CC(C)C. The van der Waals surface area contributed by atoms with Crippen molar-refractivity contribution in [2.45, 2.75) is 32.9 Å². The van der Waals surface area contributed by atoms with Gasteiger partial charge in [-0.05, 0) is 61.0 Å². The smallest absolute Gasteiger partial charge is 0.170 e. The third-order valence-corrected chi connectivity index (χ3v) is 5.57. The summed E-state index contributed by atoms with van der Waals surface area (Å²) in [5, 5.41) is 4.34. The van der Waals surface area contributed by atoms with Crippen molar-refractivity contribution in [1.82, 2.24) is 19.8 Å². The minimum atomic E-state index is 0.0186. The zero-order chi connectivity index (χ0) is 19.7.